The van der Waals surface area contributed by atoms with Gasteiger partial charge in [-0.05, 0) is 46.2 Å². The van der Waals surface area contributed by atoms with Crippen molar-refractivity contribution in [2.24, 2.45) is 5.41 Å². The molecular formula is C14H17IN2O4. The quantitative estimate of drug-likeness (QED) is 0.658. The molecule has 3 amide bonds. The number of carboxylic acids is 1. The predicted molar refractivity (Wildman–Crippen MR) is 87.0 cm³/mol. The van der Waals surface area contributed by atoms with E-state index in [0.717, 1.165) is 3.57 Å². The molecule has 7 heteroatoms. The van der Waals surface area contributed by atoms with Crippen molar-refractivity contribution in [3.63, 3.8) is 0 Å². The Hall–Kier alpha value is -1.64. The second-order valence-corrected chi connectivity index (χ2v) is 6.67. The standard InChI is InChI=1S/C14H17IN2O4/c1-14(2,8-12(19)20)7-11(18)17-13(21)16-10-5-3-4-9(15)6-10/h3-6H,7-8H2,1-2H3,(H,19,20)(H2,16,17,18,21). The molecule has 21 heavy (non-hydrogen) atoms. The van der Waals surface area contributed by atoms with Crippen LogP contribution in [-0.2, 0) is 9.59 Å². The normalized spacial score (nSPS) is 10.8. The zero-order valence-electron chi connectivity index (χ0n) is 11.8. The second kappa shape index (κ2) is 7.39. The average Bonchev–Trinajstić information content (AvgIpc) is 2.24. The Morgan fingerprint density at radius 1 is 1.24 bits per heavy atom. The molecule has 0 unspecified atom stereocenters. The lowest BCUT2D eigenvalue weighted by molar-refractivity contribution is -0.139. The van der Waals surface area contributed by atoms with Crippen LogP contribution in [0.1, 0.15) is 26.7 Å². The third-order valence-electron chi connectivity index (χ3n) is 2.60. The number of carbonyl (C=O) groups is 3. The highest BCUT2D eigenvalue weighted by atomic mass is 127. The van der Waals surface area contributed by atoms with Gasteiger partial charge in [0.2, 0.25) is 5.91 Å². The summed E-state index contributed by atoms with van der Waals surface area (Å²) in [5, 5.41) is 13.5. The first kappa shape index (κ1) is 17.4. The van der Waals surface area contributed by atoms with Gasteiger partial charge in [0, 0.05) is 15.7 Å². The van der Waals surface area contributed by atoms with Gasteiger partial charge in [0.15, 0.2) is 0 Å². The summed E-state index contributed by atoms with van der Waals surface area (Å²) in [6.45, 7) is 3.33. The van der Waals surface area contributed by atoms with Crippen LogP contribution in [0, 0.1) is 8.99 Å². The Morgan fingerprint density at radius 2 is 1.90 bits per heavy atom. The van der Waals surface area contributed by atoms with Gasteiger partial charge in [0.05, 0.1) is 6.42 Å². The molecule has 1 aromatic carbocycles. The number of halogens is 1. The van der Waals surface area contributed by atoms with E-state index in [1.807, 2.05) is 6.07 Å². The minimum absolute atomic E-state index is 0.0426. The predicted octanol–water partition coefficient (Wildman–Crippen LogP) is 2.83. The zero-order chi connectivity index (χ0) is 16.0. The van der Waals surface area contributed by atoms with Crippen molar-refractivity contribution >= 4 is 46.2 Å². The zero-order valence-corrected chi connectivity index (χ0v) is 13.9. The highest BCUT2D eigenvalue weighted by molar-refractivity contribution is 14.1. The number of amides is 3. The highest BCUT2D eigenvalue weighted by Gasteiger charge is 2.25. The van der Waals surface area contributed by atoms with Crippen LogP contribution in [0.25, 0.3) is 0 Å². The number of urea groups is 1. The number of carboxylic acid groups (broad SMARTS) is 1. The van der Waals surface area contributed by atoms with Gasteiger partial charge in [-0.1, -0.05) is 19.9 Å². The lowest BCUT2D eigenvalue weighted by Crippen LogP contribution is -2.37. The van der Waals surface area contributed by atoms with Crippen LogP contribution < -0.4 is 10.6 Å². The van der Waals surface area contributed by atoms with Crippen molar-refractivity contribution in [1.82, 2.24) is 5.32 Å². The fourth-order valence-corrected chi connectivity index (χ4v) is 2.35. The molecule has 0 heterocycles. The molecule has 0 atom stereocenters. The van der Waals surface area contributed by atoms with E-state index in [0.29, 0.717) is 5.69 Å². The van der Waals surface area contributed by atoms with Crippen LogP contribution in [-0.4, -0.2) is 23.0 Å². The number of imide groups is 1. The van der Waals surface area contributed by atoms with E-state index in [9.17, 15) is 14.4 Å². The van der Waals surface area contributed by atoms with E-state index in [1.165, 1.54) is 0 Å². The Morgan fingerprint density at radius 3 is 2.48 bits per heavy atom. The number of anilines is 1. The second-order valence-electron chi connectivity index (χ2n) is 5.42. The van der Waals surface area contributed by atoms with Gasteiger partial charge in [-0.25, -0.2) is 4.79 Å². The smallest absolute Gasteiger partial charge is 0.325 e. The lowest BCUT2D eigenvalue weighted by Gasteiger charge is -2.21. The average molecular weight is 404 g/mol. The number of nitrogens with one attached hydrogen (secondary N) is 2. The van der Waals surface area contributed by atoms with Crippen molar-refractivity contribution < 1.29 is 19.5 Å². The molecule has 1 aromatic rings. The van der Waals surface area contributed by atoms with E-state index in [4.69, 9.17) is 5.11 Å². The Bertz CT molecular complexity index is 558. The maximum Gasteiger partial charge on any atom is 0.325 e. The molecule has 114 valence electrons. The van der Waals surface area contributed by atoms with Crippen molar-refractivity contribution in [1.29, 1.82) is 0 Å². The number of benzene rings is 1. The Kier molecular flexibility index (Phi) is 6.13. The largest absolute Gasteiger partial charge is 0.481 e. The van der Waals surface area contributed by atoms with Gasteiger partial charge in [-0.3, -0.25) is 14.9 Å². The molecule has 6 nitrogen and oxygen atoms in total. The van der Waals surface area contributed by atoms with Gasteiger partial charge in [-0.15, -0.1) is 0 Å². The molecule has 0 bridgehead atoms. The molecular weight excluding hydrogens is 387 g/mol. The van der Waals surface area contributed by atoms with Gasteiger partial charge in [-0.2, -0.15) is 0 Å². The van der Waals surface area contributed by atoms with Gasteiger partial charge >= 0.3 is 12.0 Å². The van der Waals surface area contributed by atoms with Crippen LogP contribution in [0.4, 0.5) is 10.5 Å². The van der Waals surface area contributed by atoms with E-state index in [-0.39, 0.29) is 12.8 Å². The number of hydrogen-bond acceptors (Lipinski definition) is 3. The van der Waals surface area contributed by atoms with Crippen LogP contribution in [0.2, 0.25) is 0 Å². The minimum atomic E-state index is -0.976. The van der Waals surface area contributed by atoms with Crippen LogP contribution in [0.3, 0.4) is 0 Å². The van der Waals surface area contributed by atoms with Gasteiger partial charge < -0.3 is 10.4 Å². The number of carbonyl (C=O) groups excluding carboxylic acids is 2. The van der Waals surface area contributed by atoms with E-state index in [1.54, 1.807) is 32.0 Å². The molecule has 0 fully saturated rings. The summed E-state index contributed by atoms with van der Waals surface area (Å²) >= 11 is 2.11. The molecule has 0 spiro atoms. The molecule has 0 aliphatic heterocycles. The first-order chi connectivity index (χ1) is 9.68. The molecule has 0 aromatic heterocycles. The van der Waals surface area contributed by atoms with Crippen LogP contribution >= 0.6 is 22.6 Å². The fraction of sp³-hybridized carbons (Fsp3) is 0.357. The van der Waals surface area contributed by atoms with E-state index in [2.05, 4.69) is 33.2 Å². The van der Waals surface area contributed by atoms with E-state index >= 15 is 0 Å². The summed E-state index contributed by atoms with van der Waals surface area (Å²) in [5.41, 5.74) is -0.129. The van der Waals surface area contributed by atoms with Crippen molar-refractivity contribution in [2.75, 3.05) is 5.32 Å². The molecule has 0 radical (unpaired) electrons. The molecule has 0 aliphatic carbocycles. The molecule has 1 rings (SSSR count). The first-order valence-electron chi connectivity index (χ1n) is 6.26. The van der Waals surface area contributed by atoms with Crippen molar-refractivity contribution in [3.05, 3.63) is 27.8 Å². The molecule has 0 saturated heterocycles. The molecule has 0 aliphatic rings. The lowest BCUT2D eigenvalue weighted by atomic mass is 9.85. The summed E-state index contributed by atoms with van der Waals surface area (Å²) in [5.74, 6) is -1.49. The number of aliphatic carboxylic acids is 1. The minimum Gasteiger partial charge on any atom is -0.481 e. The third-order valence-corrected chi connectivity index (χ3v) is 3.28. The summed E-state index contributed by atoms with van der Waals surface area (Å²) in [7, 11) is 0. The number of hydrogen-bond donors (Lipinski definition) is 3. The molecule has 0 saturated carbocycles. The summed E-state index contributed by atoms with van der Waals surface area (Å²) in [4.78, 5) is 34.1. The summed E-state index contributed by atoms with van der Waals surface area (Å²) in [6, 6.07) is 6.51. The van der Waals surface area contributed by atoms with Crippen molar-refractivity contribution in [2.45, 2.75) is 26.7 Å². The molecule has 3 N–H and O–H groups in total. The Balaban J connectivity index is 2.51. The van der Waals surface area contributed by atoms with Gasteiger partial charge in [0.1, 0.15) is 0 Å². The first-order valence-corrected chi connectivity index (χ1v) is 7.34. The SMILES string of the molecule is CC(C)(CC(=O)O)CC(=O)NC(=O)Nc1cccc(I)c1. The highest BCUT2D eigenvalue weighted by Crippen LogP contribution is 2.24. The Labute approximate surface area is 136 Å². The van der Waals surface area contributed by atoms with E-state index < -0.39 is 23.3 Å². The van der Waals surface area contributed by atoms with Crippen molar-refractivity contribution in [3.8, 4) is 0 Å². The summed E-state index contributed by atoms with van der Waals surface area (Å²) < 4.78 is 0.958. The van der Waals surface area contributed by atoms with Crippen LogP contribution in [0.15, 0.2) is 24.3 Å². The van der Waals surface area contributed by atoms with Crippen LogP contribution in [0.5, 0.6) is 0 Å². The maximum absolute atomic E-state index is 11.7. The third kappa shape index (κ3) is 7.07. The summed E-state index contributed by atoms with van der Waals surface area (Å²) in [6.07, 6.45) is -0.183. The topological polar surface area (TPSA) is 95.5 Å². The van der Waals surface area contributed by atoms with Gasteiger partial charge in [0.25, 0.3) is 0 Å². The number of rotatable bonds is 5. The maximum atomic E-state index is 11.7. The fourth-order valence-electron chi connectivity index (χ4n) is 1.81. The monoisotopic (exact) mass is 404 g/mol.